The second kappa shape index (κ2) is 8.46. The highest BCUT2D eigenvalue weighted by atomic mass is 35.5. The number of carbonyl (C=O) groups excluding carboxylic acids is 1. The number of thiazole rings is 1. The van der Waals surface area contributed by atoms with E-state index in [1.54, 1.807) is 17.0 Å². The summed E-state index contributed by atoms with van der Waals surface area (Å²) in [6.07, 6.45) is 0. The van der Waals surface area contributed by atoms with E-state index < -0.39 is 0 Å². The van der Waals surface area contributed by atoms with Crippen LogP contribution in [0, 0.1) is 11.3 Å². The van der Waals surface area contributed by atoms with E-state index in [0.717, 1.165) is 27.4 Å². The summed E-state index contributed by atoms with van der Waals surface area (Å²) in [6, 6.07) is 22.7. The van der Waals surface area contributed by atoms with Crippen molar-refractivity contribution in [3.63, 3.8) is 0 Å². The molecule has 0 bridgehead atoms. The Bertz CT molecular complexity index is 1360. The number of amides is 1. The molecule has 1 aromatic heterocycles. The van der Waals surface area contributed by atoms with Crippen LogP contribution in [0.25, 0.3) is 21.8 Å². The second-order valence-electron chi connectivity index (χ2n) is 7.28. The third-order valence-corrected chi connectivity index (χ3v) is 6.44. The van der Waals surface area contributed by atoms with E-state index >= 15 is 0 Å². The first-order valence-corrected chi connectivity index (χ1v) is 11.2. The van der Waals surface area contributed by atoms with E-state index in [4.69, 9.17) is 26.6 Å². The molecule has 0 aliphatic carbocycles. The van der Waals surface area contributed by atoms with Crippen LogP contribution in [0.3, 0.4) is 0 Å². The first-order chi connectivity index (χ1) is 15.6. The average Bonchev–Trinajstić information content (AvgIpc) is 3.31. The van der Waals surface area contributed by atoms with Crippen LogP contribution in [0.5, 0.6) is 5.75 Å². The van der Waals surface area contributed by atoms with Crippen LogP contribution in [-0.4, -0.2) is 17.5 Å². The Kier molecular flexibility index (Phi) is 5.36. The van der Waals surface area contributed by atoms with E-state index in [-0.39, 0.29) is 12.5 Å². The van der Waals surface area contributed by atoms with Gasteiger partial charge in [-0.3, -0.25) is 4.79 Å². The first kappa shape index (κ1) is 20.3. The zero-order chi connectivity index (χ0) is 22.1. The van der Waals surface area contributed by atoms with Crippen LogP contribution in [-0.2, 0) is 11.3 Å². The Morgan fingerprint density at radius 3 is 2.72 bits per heavy atom. The standard InChI is InChI=1S/C25H16ClN3O2S/c26-20-4-2-1-3-19(20)25-28-21(15-32-25)18-9-10-23-22(11-18)29(24(30)14-31-23)13-17-7-5-16(12-27)6-8-17/h1-11,15H,13-14H2. The monoisotopic (exact) mass is 457 g/mol. The number of carbonyl (C=O) groups is 1. The van der Waals surface area contributed by atoms with Crippen molar-refractivity contribution in [2.24, 2.45) is 0 Å². The van der Waals surface area contributed by atoms with Gasteiger partial charge in [-0.2, -0.15) is 5.26 Å². The number of fused-ring (bicyclic) bond motifs is 1. The van der Waals surface area contributed by atoms with Gasteiger partial charge in [-0.15, -0.1) is 11.3 Å². The normalized spacial score (nSPS) is 12.8. The van der Waals surface area contributed by atoms with Crippen molar-refractivity contribution in [3.05, 3.63) is 88.3 Å². The molecule has 1 aliphatic rings. The van der Waals surface area contributed by atoms with E-state index in [2.05, 4.69) is 6.07 Å². The summed E-state index contributed by atoms with van der Waals surface area (Å²) in [5.41, 5.74) is 4.82. The molecule has 5 nitrogen and oxygen atoms in total. The zero-order valence-electron chi connectivity index (χ0n) is 16.8. The number of hydrogen-bond acceptors (Lipinski definition) is 5. The number of benzene rings is 3. The third kappa shape index (κ3) is 3.84. The summed E-state index contributed by atoms with van der Waals surface area (Å²) in [7, 11) is 0. The summed E-state index contributed by atoms with van der Waals surface area (Å²) in [4.78, 5) is 19.2. The largest absolute Gasteiger partial charge is 0.482 e. The predicted molar refractivity (Wildman–Crippen MR) is 126 cm³/mol. The van der Waals surface area contributed by atoms with Crippen LogP contribution in [0.15, 0.2) is 72.1 Å². The van der Waals surface area contributed by atoms with E-state index in [0.29, 0.717) is 28.6 Å². The number of rotatable bonds is 4. The lowest BCUT2D eigenvalue weighted by molar-refractivity contribution is -0.121. The molecule has 2 heterocycles. The number of halogens is 1. The maximum Gasteiger partial charge on any atom is 0.265 e. The van der Waals surface area contributed by atoms with Crippen molar-refractivity contribution in [3.8, 4) is 33.6 Å². The number of hydrogen-bond donors (Lipinski definition) is 0. The van der Waals surface area contributed by atoms with Crippen molar-refractivity contribution in [1.29, 1.82) is 5.26 Å². The van der Waals surface area contributed by atoms with Gasteiger partial charge in [0.25, 0.3) is 5.91 Å². The lowest BCUT2D eigenvalue weighted by Crippen LogP contribution is -2.38. The molecule has 4 aromatic rings. The highest BCUT2D eigenvalue weighted by Gasteiger charge is 2.26. The molecule has 0 atom stereocenters. The van der Waals surface area contributed by atoms with Gasteiger partial charge in [0.05, 0.1) is 34.6 Å². The number of ether oxygens (including phenoxy) is 1. The third-order valence-electron chi connectivity index (χ3n) is 5.23. The molecule has 1 amide bonds. The topological polar surface area (TPSA) is 66.2 Å². The quantitative estimate of drug-likeness (QED) is 0.381. The molecule has 0 fully saturated rings. The molecular formula is C25H16ClN3O2S. The van der Waals surface area contributed by atoms with Gasteiger partial charge in [-0.1, -0.05) is 41.9 Å². The van der Waals surface area contributed by atoms with Gasteiger partial charge in [0.2, 0.25) is 0 Å². The minimum atomic E-state index is -0.117. The fraction of sp³-hybridized carbons (Fsp3) is 0.0800. The van der Waals surface area contributed by atoms with Crippen molar-refractivity contribution < 1.29 is 9.53 Å². The minimum Gasteiger partial charge on any atom is -0.482 e. The molecule has 156 valence electrons. The summed E-state index contributed by atoms with van der Waals surface area (Å²) in [6.45, 7) is 0.391. The molecule has 5 rings (SSSR count). The Morgan fingerprint density at radius 1 is 1.12 bits per heavy atom. The maximum atomic E-state index is 12.7. The predicted octanol–water partition coefficient (Wildman–Crippen LogP) is 5.93. The van der Waals surface area contributed by atoms with Gasteiger partial charge in [-0.05, 0) is 42.0 Å². The molecule has 0 radical (unpaired) electrons. The van der Waals surface area contributed by atoms with Crippen LogP contribution in [0.2, 0.25) is 5.02 Å². The number of anilines is 1. The van der Waals surface area contributed by atoms with Crippen LogP contribution in [0.1, 0.15) is 11.1 Å². The van der Waals surface area contributed by atoms with Crippen molar-refractivity contribution >= 4 is 34.5 Å². The van der Waals surface area contributed by atoms with E-state index in [1.165, 1.54) is 11.3 Å². The highest BCUT2D eigenvalue weighted by Crippen LogP contribution is 2.38. The Balaban J connectivity index is 1.48. The second-order valence-corrected chi connectivity index (χ2v) is 8.54. The molecule has 0 spiro atoms. The molecule has 0 N–H and O–H groups in total. The molecule has 3 aromatic carbocycles. The minimum absolute atomic E-state index is 0.00399. The van der Waals surface area contributed by atoms with Crippen LogP contribution < -0.4 is 9.64 Å². The first-order valence-electron chi connectivity index (χ1n) is 9.89. The molecule has 1 aliphatic heterocycles. The van der Waals surface area contributed by atoms with Gasteiger partial charge >= 0.3 is 0 Å². The highest BCUT2D eigenvalue weighted by molar-refractivity contribution is 7.13. The van der Waals surface area contributed by atoms with Crippen molar-refractivity contribution in [1.82, 2.24) is 4.98 Å². The van der Waals surface area contributed by atoms with Crippen molar-refractivity contribution in [2.45, 2.75) is 6.54 Å². The molecule has 7 heteroatoms. The molecule has 0 unspecified atom stereocenters. The van der Waals surface area contributed by atoms with E-state index in [1.807, 2.05) is 60.0 Å². The van der Waals surface area contributed by atoms with Gasteiger partial charge < -0.3 is 9.64 Å². The molecule has 0 saturated carbocycles. The summed E-state index contributed by atoms with van der Waals surface area (Å²) < 4.78 is 5.65. The van der Waals surface area contributed by atoms with Gasteiger partial charge in [0.15, 0.2) is 6.61 Å². The lowest BCUT2D eigenvalue weighted by Gasteiger charge is -2.30. The number of nitrogens with zero attached hydrogens (tertiary/aromatic N) is 3. The van der Waals surface area contributed by atoms with Crippen molar-refractivity contribution in [2.75, 3.05) is 11.5 Å². The number of nitriles is 1. The Labute approximate surface area is 194 Å². The van der Waals surface area contributed by atoms with Crippen LogP contribution >= 0.6 is 22.9 Å². The average molecular weight is 458 g/mol. The number of aromatic nitrogens is 1. The summed E-state index contributed by atoms with van der Waals surface area (Å²) >= 11 is 7.85. The molecule has 32 heavy (non-hydrogen) atoms. The summed E-state index contributed by atoms with van der Waals surface area (Å²) in [5, 5.41) is 12.5. The van der Waals surface area contributed by atoms with Crippen LogP contribution in [0.4, 0.5) is 5.69 Å². The zero-order valence-corrected chi connectivity index (χ0v) is 18.4. The fourth-order valence-corrected chi connectivity index (χ4v) is 4.72. The summed E-state index contributed by atoms with van der Waals surface area (Å²) in [5.74, 6) is 0.539. The Morgan fingerprint density at radius 2 is 1.94 bits per heavy atom. The van der Waals surface area contributed by atoms with E-state index in [9.17, 15) is 4.79 Å². The maximum absolute atomic E-state index is 12.7. The SMILES string of the molecule is N#Cc1ccc(CN2C(=O)COc3ccc(-c4csc(-c5ccccc5Cl)n4)cc32)cc1. The van der Waals surface area contributed by atoms with Gasteiger partial charge in [0.1, 0.15) is 10.8 Å². The fourth-order valence-electron chi connectivity index (χ4n) is 3.57. The molecular weight excluding hydrogens is 442 g/mol. The smallest absolute Gasteiger partial charge is 0.265 e. The Hall–Kier alpha value is -3.66. The van der Waals surface area contributed by atoms with Gasteiger partial charge in [-0.25, -0.2) is 4.98 Å². The lowest BCUT2D eigenvalue weighted by atomic mass is 10.1. The van der Waals surface area contributed by atoms with Gasteiger partial charge in [0, 0.05) is 16.5 Å². The molecule has 0 saturated heterocycles.